The van der Waals surface area contributed by atoms with E-state index in [1.54, 1.807) is 0 Å². The molecule has 21 heavy (non-hydrogen) atoms. The maximum Gasteiger partial charge on any atom is 0.119 e. The van der Waals surface area contributed by atoms with Gasteiger partial charge >= 0.3 is 0 Å². The van der Waals surface area contributed by atoms with Crippen molar-refractivity contribution in [3.05, 3.63) is 58.3 Å². The van der Waals surface area contributed by atoms with Crippen LogP contribution in [0.2, 0.25) is 0 Å². The van der Waals surface area contributed by atoms with Crippen LogP contribution in [0.5, 0.6) is 5.75 Å². The van der Waals surface area contributed by atoms with Crippen molar-refractivity contribution in [2.75, 3.05) is 6.54 Å². The Balaban J connectivity index is 1.80. The molecule has 1 atom stereocenters. The first kappa shape index (κ1) is 14.5. The summed E-state index contributed by atoms with van der Waals surface area (Å²) >= 11 is 3.43. The van der Waals surface area contributed by atoms with E-state index in [0.717, 1.165) is 22.5 Å². The molecule has 0 radical (unpaired) electrons. The minimum atomic E-state index is 0.109. The van der Waals surface area contributed by atoms with Crippen molar-refractivity contribution in [2.45, 2.75) is 31.9 Å². The van der Waals surface area contributed by atoms with Crippen LogP contribution < -0.4 is 10.1 Å². The number of ether oxygens (including phenoxy) is 1. The molecular formula is C17H19BrN2O. The first-order chi connectivity index (χ1) is 10.3. The van der Waals surface area contributed by atoms with Crippen molar-refractivity contribution >= 4 is 15.9 Å². The molecule has 1 heterocycles. The molecule has 2 aromatic rings. The molecule has 4 heteroatoms. The summed E-state index contributed by atoms with van der Waals surface area (Å²) in [4.78, 5) is 4.51. The van der Waals surface area contributed by atoms with Gasteiger partial charge in [-0.25, -0.2) is 0 Å². The molecule has 0 amide bonds. The van der Waals surface area contributed by atoms with E-state index in [9.17, 15) is 0 Å². The second-order valence-electron chi connectivity index (χ2n) is 5.28. The normalized spacial score (nSPS) is 15.7. The second-order valence-corrected chi connectivity index (χ2v) is 6.19. The van der Waals surface area contributed by atoms with E-state index in [0.29, 0.717) is 6.10 Å². The molecule has 0 aliphatic heterocycles. The average molecular weight is 347 g/mol. The lowest BCUT2D eigenvalue weighted by Crippen LogP contribution is -2.22. The SMILES string of the molecule is CCNC(c1ccc(OC2CC2)cc1)c1ccc(Br)cn1. The van der Waals surface area contributed by atoms with Crippen molar-refractivity contribution in [2.24, 2.45) is 0 Å². The Labute approximate surface area is 133 Å². The number of benzene rings is 1. The third-order valence-corrected chi connectivity index (χ3v) is 3.96. The summed E-state index contributed by atoms with van der Waals surface area (Å²) in [5, 5.41) is 3.49. The fourth-order valence-corrected chi connectivity index (χ4v) is 2.51. The van der Waals surface area contributed by atoms with Crippen LogP contribution in [0.25, 0.3) is 0 Å². The zero-order valence-electron chi connectivity index (χ0n) is 12.1. The van der Waals surface area contributed by atoms with Crippen molar-refractivity contribution in [1.82, 2.24) is 10.3 Å². The summed E-state index contributed by atoms with van der Waals surface area (Å²) < 4.78 is 6.79. The molecule has 3 rings (SSSR count). The summed E-state index contributed by atoms with van der Waals surface area (Å²) in [5.41, 5.74) is 2.23. The van der Waals surface area contributed by atoms with Crippen LogP contribution in [0, 0.1) is 0 Å². The predicted molar refractivity (Wildman–Crippen MR) is 87.5 cm³/mol. The largest absolute Gasteiger partial charge is 0.490 e. The van der Waals surface area contributed by atoms with Gasteiger partial charge < -0.3 is 10.1 Å². The van der Waals surface area contributed by atoms with E-state index >= 15 is 0 Å². The smallest absolute Gasteiger partial charge is 0.119 e. The summed E-state index contributed by atoms with van der Waals surface area (Å²) in [6, 6.07) is 12.5. The second kappa shape index (κ2) is 6.58. The monoisotopic (exact) mass is 346 g/mol. The Hall–Kier alpha value is -1.39. The number of nitrogens with zero attached hydrogens (tertiary/aromatic N) is 1. The molecule has 0 spiro atoms. The predicted octanol–water partition coefficient (Wildman–Crippen LogP) is 4.08. The lowest BCUT2D eigenvalue weighted by molar-refractivity contribution is 0.303. The molecule has 1 unspecified atom stereocenters. The van der Waals surface area contributed by atoms with Crippen LogP contribution in [0.3, 0.4) is 0 Å². The number of hydrogen-bond donors (Lipinski definition) is 1. The van der Waals surface area contributed by atoms with E-state index in [1.807, 2.05) is 18.3 Å². The van der Waals surface area contributed by atoms with Crippen LogP contribution in [0.4, 0.5) is 0 Å². The first-order valence-electron chi connectivity index (χ1n) is 7.37. The standard InChI is InChI=1S/C17H19BrN2O/c1-2-19-17(16-10-5-13(18)11-20-16)12-3-6-14(7-4-12)21-15-8-9-15/h3-7,10-11,15,17,19H,2,8-9H2,1H3. The highest BCUT2D eigenvalue weighted by Crippen LogP contribution is 2.28. The van der Waals surface area contributed by atoms with Gasteiger partial charge in [0.2, 0.25) is 0 Å². The van der Waals surface area contributed by atoms with Gasteiger partial charge in [0, 0.05) is 10.7 Å². The van der Waals surface area contributed by atoms with Gasteiger partial charge in [-0.2, -0.15) is 0 Å². The molecule has 1 aromatic carbocycles. The quantitative estimate of drug-likeness (QED) is 0.855. The number of halogens is 1. The average Bonchev–Trinajstić information content (AvgIpc) is 3.31. The number of hydrogen-bond acceptors (Lipinski definition) is 3. The van der Waals surface area contributed by atoms with Gasteiger partial charge in [-0.05, 0) is 65.1 Å². The maximum absolute atomic E-state index is 5.80. The van der Waals surface area contributed by atoms with Crippen molar-refractivity contribution in [3.63, 3.8) is 0 Å². The lowest BCUT2D eigenvalue weighted by Gasteiger charge is -2.18. The summed E-state index contributed by atoms with van der Waals surface area (Å²) in [5.74, 6) is 0.959. The summed E-state index contributed by atoms with van der Waals surface area (Å²) in [7, 11) is 0. The van der Waals surface area contributed by atoms with Crippen LogP contribution in [0.15, 0.2) is 47.1 Å². The minimum absolute atomic E-state index is 0.109. The molecule has 3 nitrogen and oxygen atoms in total. The van der Waals surface area contributed by atoms with E-state index in [4.69, 9.17) is 4.74 Å². The highest BCUT2D eigenvalue weighted by Gasteiger charge is 2.23. The molecule has 0 bridgehead atoms. The fourth-order valence-electron chi connectivity index (χ4n) is 2.27. The molecule has 1 fully saturated rings. The Morgan fingerprint density at radius 3 is 2.57 bits per heavy atom. The Kier molecular flexibility index (Phi) is 4.56. The summed E-state index contributed by atoms with van der Waals surface area (Å²) in [6.07, 6.45) is 4.65. The molecule has 0 saturated heterocycles. The molecule has 1 aromatic heterocycles. The Morgan fingerprint density at radius 2 is 2.00 bits per heavy atom. The zero-order valence-corrected chi connectivity index (χ0v) is 13.6. The van der Waals surface area contributed by atoms with Gasteiger partial charge in [0.15, 0.2) is 0 Å². The highest BCUT2D eigenvalue weighted by atomic mass is 79.9. The first-order valence-corrected chi connectivity index (χ1v) is 8.17. The molecule has 1 saturated carbocycles. The van der Waals surface area contributed by atoms with Crippen LogP contribution in [-0.2, 0) is 0 Å². The van der Waals surface area contributed by atoms with E-state index in [1.165, 1.54) is 18.4 Å². The van der Waals surface area contributed by atoms with E-state index in [-0.39, 0.29) is 6.04 Å². The molecule has 1 N–H and O–H groups in total. The third-order valence-electron chi connectivity index (χ3n) is 3.49. The van der Waals surface area contributed by atoms with Crippen LogP contribution >= 0.6 is 15.9 Å². The molecule has 1 aliphatic carbocycles. The van der Waals surface area contributed by atoms with Gasteiger partial charge in [0.1, 0.15) is 5.75 Å². The molecule has 1 aliphatic rings. The van der Waals surface area contributed by atoms with Gasteiger partial charge in [-0.15, -0.1) is 0 Å². The summed E-state index contributed by atoms with van der Waals surface area (Å²) in [6.45, 7) is 3.00. The number of nitrogens with one attached hydrogen (secondary N) is 1. The minimum Gasteiger partial charge on any atom is -0.490 e. The van der Waals surface area contributed by atoms with Gasteiger partial charge in [0.05, 0.1) is 17.8 Å². The number of rotatable bonds is 6. The maximum atomic E-state index is 5.80. The van der Waals surface area contributed by atoms with Crippen molar-refractivity contribution in [3.8, 4) is 5.75 Å². The number of pyridine rings is 1. The third kappa shape index (κ3) is 3.83. The zero-order chi connectivity index (χ0) is 14.7. The van der Waals surface area contributed by atoms with Crippen LogP contribution in [0.1, 0.15) is 37.1 Å². The molecule has 110 valence electrons. The van der Waals surface area contributed by atoms with E-state index < -0.39 is 0 Å². The van der Waals surface area contributed by atoms with Gasteiger partial charge in [-0.3, -0.25) is 4.98 Å². The van der Waals surface area contributed by atoms with Crippen molar-refractivity contribution < 1.29 is 4.74 Å². The van der Waals surface area contributed by atoms with Gasteiger partial charge in [-0.1, -0.05) is 19.1 Å². The van der Waals surface area contributed by atoms with Crippen molar-refractivity contribution in [1.29, 1.82) is 0 Å². The Morgan fingerprint density at radius 1 is 1.24 bits per heavy atom. The topological polar surface area (TPSA) is 34.1 Å². The lowest BCUT2D eigenvalue weighted by atomic mass is 10.0. The van der Waals surface area contributed by atoms with Crippen LogP contribution in [-0.4, -0.2) is 17.6 Å². The van der Waals surface area contributed by atoms with Gasteiger partial charge in [0.25, 0.3) is 0 Å². The Bertz CT molecular complexity index is 579. The number of aromatic nitrogens is 1. The molecular weight excluding hydrogens is 328 g/mol. The highest BCUT2D eigenvalue weighted by molar-refractivity contribution is 9.10. The fraction of sp³-hybridized carbons (Fsp3) is 0.353. The van der Waals surface area contributed by atoms with E-state index in [2.05, 4.69) is 57.4 Å².